The minimum absolute atomic E-state index is 0.148. The van der Waals surface area contributed by atoms with Gasteiger partial charge in [-0.05, 0) is 18.2 Å². The molecular weight excluding hydrogens is 296 g/mol. The van der Waals surface area contributed by atoms with E-state index >= 15 is 0 Å². The standard InChI is InChI=1S/C13H14N2O5S/c1-15(2)7-3-4-9-8(5-7)14-13(20-9)21-10(12(18)19)6-11(16)17/h3-5,10H,6H2,1-2H3,(H,16,17)(H,18,19). The van der Waals surface area contributed by atoms with Gasteiger partial charge < -0.3 is 19.5 Å². The molecule has 1 unspecified atom stereocenters. The topological polar surface area (TPSA) is 104 Å². The molecule has 1 aromatic heterocycles. The molecule has 2 rings (SSSR count). The molecule has 0 bridgehead atoms. The summed E-state index contributed by atoms with van der Waals surface area (Å²) < 4.78 is 5.44. The first-order valence-electron chi connectivity index (χ1n) is 6.06. The molecule has 0 spiro atoms. The molecule has 1 heterocycles. The Hall–Kier alpha value is -2.22. The number of thioether (sulfide) groups is 1. The zero-order chi connectivity index (χ0) is 15.6. The number of fused-ring (bicyclic) bond motifs is 1. The third kappa shape index (κ3) is 3.66. The molecule has 2 N–H and O–H groups in total. The van der Waals surface area contributed by atoms with E-state index in [0.29, 0.717) is 11.1 Å². The van der Waals surface area contributed by atoms with Crippen molar-refractivity contribution in [2.24, 2.45) is 0 Å². The molecular formula is C13H14N2O5S. The van der Waals surface area contributed by atoms with Crippen LogP contribution in [0, 0.1) is 0 Å². The van der Waals surface area contributed by atoms with Gasteiger partial charge >= 0.3 is 11.9 Å². The van der Waals surface area contributed by atoms with Crippen LogP contribution in [0.2, 0.25) is 0 Å². The second kappa shape index (κ2) is 6.04. The van der Waals surface area contributed by atoms with Gasteiger partial charge in [0.05, 0.1) is 6.42 Å². The Morgan fingerprint density at radius 2 is 2.10 bits per heavy atom. The number of hydrogen-bond donors (Lipinski definition) is 2. The highest BCUT2D eigenvalue weighted by atomic mass is 32.2. The Kier molecular flexibility index (Phi) is 4.37. The first-order valence-corrected chi connectivity index (χ1v) is 6.94. The number of aromatic nitrogens is 1. The Morgan fingerprint density at radius 1 is 1.38 bits per heavy atom. The van der Waals surface area contributed by atoms with Gasteiger partial charge in [-0.25, -0.2) is 4.98 Å². The normalized spacial score (nSPS) is 12.3. The van der Waals surface area contributed by atoms with E-state index in [0.717, 1.165) is 17.4 Å². The minimum Gasteiger partial charge on any atom is -0.481 e. The van der Waals surface area contributed by atoms with Crippen LogP contribution in [0.15, 0.2) is 27.8 Å². The predicted molar refractivity (Wildman–Crippen MR) is 77.9 cm³/mol. The maximum atomic E-state index is 11.0. The molecule has 8 heteroatoms. The van der Waals surface area contributed by atoms with Crippen molar-refractivity contribution in [2.75, 3.05) is 19.0 Å². The average Bonchev–Trinajstić information content (AvgIpc) is 2.78. The van der Waals surface area contributed by atoms with Crippen LogP contribution in [0.1, 0.15) is 6.42 Å². The Labute approximate surface area is 124 Å². The van der Waals surface area contributed by atoms with E-state index in [4.69, 9.17) is 14.6 Å². The van der Waals surface area contributed by atoms with E-state index in [1.807, 2.05) is 31.1 Å². The molecule has 0 amide bonds. The Balaban J connectivity index is 2.25. The summed E-state index contributed by atoms with van der Waals surface area (Å²) in [5.41, 5.74) is 2.07. The number of hydrogen-bond acceptors (Lipinski definition) is 6. The molecule has 0 aliphatic carbocycles. The third-order valence-electron chi connectivity index (χ3n) is 2.75. The number of carbonyl (C=O) groups is 2. The van der Waals surface area contributed by atoms with E-state index in [9.17, 15) is 9.59 Å². The van der Waals surface area contributed by atoms with Crippen LogP contribution >= 0.6 is 11.8 Å². The van der Waals surface area contributed by atoms with Crippen LogP contribution in [0.4, 0.5) is 5.69 Å². The number of oxazole rings is 1. The maximum Gasteiger partial charge on any atom is 0.317 e. The van der Waals surface area contributed by atoms with Crippen LogP contribution in [0.5, 0.6) is 0 Å². The number of rotatable bonds is 6. The van der Waals surface area contributed by atoms with Gasteiger partial charge in [-0.3, -0.25) is 9.59 Å². The van der Waals surface area contributed by atoms with Gasteiger partial charge in [0.15, 0.2) is 5.58 Å². The monoisotopic (exact) mass is 310 g/mol. The fraction of sp³-hybridized carbons (Fsp3) is 0.308. The average molecular weight is 310 g/mol. The molecule has 7 nitrogen and oxygen atoms in total. The zero-order valence-corrected chi connectivity index (χ0v) is 12.3. The third-order valence-corrected chi connectivity index (χ3v) is 3.78. The molecule has 112 valence electrons. The van der Waals surface area contributed by atoms with Crippen molar-refractivity contribution >= 4 is 40.5 Å². The van der Waals surface area contributed by atoms with E-state index in [2.05, 4.69) is 4.98 Å². The fourth-order valence-electron chi connectivity index (χ4n) is 1.68. The van der Waals surface area contributed by atoms with Crippen molar-refractivity contribution in [3.63, 3.8) is 0 Å². The van der Waals surface area contributed by atoms with Crippen LogP contribution in [0.25, 0.3) is 11.1 Å². The van der Waals surface area contributed by atoms with E-state index in [1.54, 1.807) is 6.07 Å². The van der Waals surface area contributed by atoms with Gasteiger partial charge in [0.25, 0.3) is 5.22 Å². The van der Waals surface area contributed by atoms with Crippen LogP contribution in [-0.4, -0.2) is 46.5 Å². The van der Waals surface area contributed by atoms with Gasteiger partial charge in [-0.1, -0.05) is 11.8 Å². The SMILES string of the molecule is CN(C)c1ccc2oc(SC(CC(=O)O)C(=O)O)nc2c1. The summed E-state index contributed by atoms with van der Waals surface area (Å²) in [5, 5.41) is 16.7. The van der Waals surface area contributed by atoms with Crippen molar-refractivity contribution in [1.82, 2.24) is 4.98 Å². The first-order chi connectivity index (χ1) is 9.86. The van der Waals surface area contributed by atoms with Crippen molar-refractivity contribution in [3.05, 3.63) is 18.2 Å². The summed E-state index contributed by atoms with van der Waals surface area (Å²) in [7, 11) is 3.79. The molecule has 1 atom stereocenters. The number of benzene rings is 1. The highest BCUT2D eigenvalue weighted by Gasteiger charge is 2.25. The van der Waals surface area contributed by atoms with Gasteiger partial charge in [-0.15, -0.1) is 0 Å². The molecule has 0 saturated carbocycles. The summed E-state index contributed by atoms with van der Waals surface area (Å²) in [5.74, 6) is -2.39. The van der Waals surface area contributed by atoms with Crippen molar-refractivity contribution in [2.45, 2.75) is 16.9 Å². The lowest BCUT2D eigenvalue weighted by Gasteiger charge is -2.10. The maximum absolute atomic E-state index is 11.0. The lowest BCUT2D eigenvalue weighted by Crippen LogP contribution is -2.20. The van der Waals surface area contributed by atoms with Crippen molar-refractivity contribution in [3.8, 4) is 0 Å². The molecule has 1 aromatic carbocycles. The van der Waals surface area contributed by atoms with Crippen LogP contribution in [0.3, 0.4) is 0 Å². The quantitative estimate of drug-likeness (QED) is 0.780. The van der Waals surface area contributed by atoms with Crippen LogP contribution < -0.4 is 4.90 Å². The van der Waals surface area contributed by atoms with Crippen molar-refractivity contribution < 1.29 is 24.2 Å². The van der Waals surface area contributed by atoms with Gasteiger partial charge in [0, 0.05) is 19.8 Å². The first kappa shape index (κ1) is 15.2. The summed E-state index contributed by atoms with van der Waals surface area (Å²) in [4.78, 5) is 27.8. The predicted octanol–water partition coefficient (Wildman–Crippen LogP) is 1.91. The number of carboxylic acids is 2. The number of aliphatic carboxylic acids is 2. The number of nitrogens with zero attached hydrogens (tertiary/aromatic N) is 2. The Morgan fingerprint density at radius 3 is 2.67 bits per heavy atom. The fourth-order valence-corrected chi connectivity index (χ4v) is 2.54. The summed E-state index contributed by atoms with van der Waals surface area (Å²) >= 11 is 0.793. The summed E-state index contributed by atoms with van der Waals surface area (Å²) in [6.45, 7) is 0. The van der Waals surface area contributed by atoms with Crippen molar-refractivity contribution in [1.29, 1.82) is 0 Å². The largest absolute Gasteiger partial charge is 0.481 e. The van der Waals surface area contributed by atoms with E-state index < -0.39 is 23.6 Å². The second-order valence-electron chi connectivity index (χ2n) is 4.57. The Bertz CT molecular complexity index is 682. The molecule has 2 aromatic rings. The van der Waals surface area contributed by atoms with Crippen LogP contribution in [-0.2, 0) is 9.59 Å². The minimum atomic E-state index is -1.21. The molecule has 0 saturated heterocycles. The lowest BCUT2D eigenvalue weighted by atomic mass is 10.3. The van der Waals surface area contributed by atoms with Gasteiger partial charge in [0.2, 0.25) is 0 Å². The van der Waals surface area contributed by atoms with Gasteiger partial charge in [0.1, 0.15) is 10.8 Å². The number of carboxylic acid groups (broad SMARTS) is 2. The molecule has 0 fully saturated rings. The summed E-state index contributed by atoms with van der Waals surface area (Å²) in [6, 6.07) is 5.42. The highest BCUT2D eigenvalue weighted by molar-refractivity contribution is 8.00. The van der Waals surface area contributed by atoms with E-state index in [-0.39, 0.29) is 5.22 Å². The van der Waals surface area contributed by atoms with E-state index in [1.165, 1.54) is 0 Å². The second-order valence-corrected chi connectivity index (χ2v) is 5.72. The molecule has 0 radical (unpaired) electrons. The smallest absolute Gasteiger partial charge is 0.317 e. The molecule has 21 heavy (non-hydrogen) atoms. The lowest BCUT2D eigenvalue weighted by molar-refractivity contribution is -0.142. The van der Waals surface area contributed by atoms with Gasteiger partial charge in [-0.2, -0.15) is 0 Å². The highest BCUT2D eigenvalue weighted by Crippen LogP contribution is 2.30. The zero-order valence-electron chi connectivity index (χ0n) is 11.4. The summed E-state index contributed by atoms with van der Waals surface area (Å²) in [6.07, 6.45) is -0.498. The number of anilines is 1. The molecule has 0 aliphatic heterocycles. The molecule has 0 aliphatic rings.